The molecule has 0 aromatic heterocycles. The molecule has 0 amide bonds. The maximum absolute atomic E-state index is 10.3. The first kappa shape index (κ1) is 12.3. The maximum atomic E-state index is 10.3. The van der Waals surface area contributed by atoms with Gasteiger partial charge in [0.05, 0.1) is 0 Å². The van der Waals surface area contributed by atoms with Gasteiger partial charge in [-0.25, -0.2) is 9.59 Å². The van der Waals surface area contributed by atoms with Gasteiger partial charge in [-0.3, -0.25) is 0 Å². The summed E-state index contributed by atoms with van der Waals surface area (Å²) < 4.78 is 18.4. The Morgan fingerprint density at radius 1 is 1.12 bits per heavy atom. The average Bonchev–Trinajstić information content (AvgIpc) is 2.46. The fourth-order valence-electron chi connectivity index (χ4n) is 1.00. The molecule has 0 aromatic rings. The minimum Gasteiger partial charge on any atom is -0.450 e. The summed E-state index contributed by atoms with van der Waals surface area (Å²) in [4.78, 5) is 20.6. The van der Waals surface area contributed by atoms with Crippen molar-refractivity contribution in [2.45, 2.75) is 25.8 Å². The number of ether oxygens (including phenoxy) is 4. The molecule has 0 saturated carbocycles. The number of hydrogen-bond acceptors (Lipinski definition) is 6. The molecule has 1 aliphatic heterocycles. The van der Waals surface area contributed by atoms with E-state index in [0.29, 0.717) is 5.57 Å². The van der Waals surface area contributed by atoms with Crippen molar-refractivity contribution < 1.29 is 38.7 Å². The van der Waals surface area contributed by atoms with E-state index in [0.717, 1.165) is 0 Å². The lowest BCUT2D eigenvalue weighted by Crippen LogP contribution is -2.31. The maximum Gasteiger partial charge on any atom is 0.508 e. The van der Waals surface area contributed by atoms with Crippen molar-refractivity contribution in [2.24, 2.45) is 0 Å². The van der Waals surface area contributed by atoms with Crippen LogP contribution in [0.1, 0.15) is 6.92 Å². The van der Waals surface area contributed by atoms with Gasteiger partial charge >= 0.3 is 12.3 Å². The molecule has 1 aliphatic rings. The molecule has 0 bridgehead atoms. The van der Waals surface area contributed by atoms with Gasteiger partial charge in [-0.2, -0.15) is 0 Å². The smallest absolute Gasteiger partial charge is 0.450 e. The molecule has 2 N–H and O–H groups in total. The molecule has 0 spiro atoms. The van der Waals surface area contributed by atoms with Gasteiger partial charge in [-0.15, -0.1) is 0 Å². The second kappa shape index (κ2) is 4.81. The van der Waals surface area contributed by atoms with E-state index < -0.39 is 31.2 Å². The van der Waals surface area contributed by atoms with Gasteiger partial charge in [0.1, 0.15) is 0 Å². The van der Waals surface area contributed by atoms with Crippen molar-refractivity contribution in [3.05, 3.63) is 12.2 Å². The molecular weight excluding hydrogens is 224 g/mol. The van der Waals surface area contributed by atoms with E-state index in [1.807, 2.05) is 0 Å². The highest BCUT2D eigenvalue weighted by Gasteiger charge is 2.42. The summed E-state index contributed by atoms with van der Waals surface area (Å²) in [6, 6.07) is 0. The summed E-state index contributed by atoms with van der Waals surface area (Å²) >= 11 is 0. The van der Waals surface area contributed by atoms with Crippen LogP contribution >= 0.6 is 0 Å². The summed E-state index contributed by atoms with van der Waals surface area (Å²) in [6.07, 6.45) is -7.15. The second-order valence-corrected chi connectivity index (χ2v) is 2.95. The summed E-state index contributed by atoms with van der Waals surface area (Å²) in [7, 11) is 0. The number of rotatable bonds is 3. The quantitative estimate of drug-likeness (QED) is 0.548. The fourth-order valence-corrected chi connectivity index (χ4v) is 1.00. The first-order valence-electron chi connectivity index (χ1n) is 4.15. The summed E-state index contributed by atoms with van der Waals surface area (Å²) in [5.41, 5.74) is 0.426. The summed E-state index contributed by atoms with van der Waals surface area (Å²) in [5.74, 6) is 0. The molecule has 0 aromatic carbocycles. The normalized spacial score (nSPS) is 25.1. The first-order valence-corrected chi connectivity index (χ1v) is 4.15. The summed E-state index contributed by atoms with van der Waals surface area (Å²) in [6.45, 7) is 5.07. The van der Waals surface area contributed by atoms with E-state index in [9.17, 15) is 9.59 Å². The van der Waals surface area contributed by atoms with E-state index in [1.165, 1.54) is 0 Å². The zero-order chi connectivity index (χ0) is 12.3. The van der Waals surface area contributed by atoms with Gasteiger partial charge in [0.15, 0.2) is 6.29 Å². The van der Waals surface area contributed by atoms with E-state index in [2.05, 4.69) is 16.1 Å². The molecule has 16 heavy (non-hydrogen) atoms. The Balaban J connectivity index is 2.66. The molecule has 0 unspecified atom stereocenters. The summed E-state index contributed by atoms with van der Waals surface area (Å²) in [5, 5.41) is 16.7. The topological polar surface area (TPSA) is 112 Å². The lowest BCUT2D eigenvalue weighted by molar-refractivity contribution is -0.153. The van der Waals surface area contributed by atoms with Crippen LogP contribution in [0.5, 0.6) is 0 Å². The molecule has 1 saturated heterocycles. The van der Waals surface area contributed by atoms with E-state index in [-0.39, 0.29) is 0 Å². The molecule has 1 heterocycles. The molecule has 1 fully saturated rings. The minimum atomic E-state index is -1.63. The number of carbonyl (C=O) groups is 2. The Kier molecular flexibility index (Phi) is 3.69. The lowest BCUT2D eigenvalue weighted by Gasteiger charge is -2.13. The van der Waals surface area contributed by atoms with Crippen molar-refractivity contribution in [1.29, 1.82) is 0 Å². The fraction of sp³-hybridized carbons (Fsp3) is 0.500. The Morgan fingerprint density at radius 2 is 1.50 bits per heavy atom. The number of hydrogen-bond donors (Lipinski definition) is 2. The second-order valence-electron chi connectivity index (χ2n) is 2.95. The molecule has 0 aliphatic carbocycles. The molecule has 8 heteroatoms. The minimum absolute atomic E-state index is 0.426. The number of carboxylic acid groups (broad SMARTS) is 2. The van der Waals surface area contributed by atoms with Crippen molar-refractivity contribution in [2.75, 3.05) is 0 Å². The van der Waals surface area contributed by atoms with Gasteiger partial charge in [0.25, 0.3) is 12.6 Å². The standard InChI is InChI=1S/C8H10O8/c1-3(2)4-13-5(15-7(9)10)6(14-4)16-8(11)12/h4-6H,1H2,2H3,(H,9,10)(H,11,12)/t5-,6-/m1/s1. The molecule has 1 rings (SSSR count). The SMILES string of the molecule is C=C(C)C1O[C@H](OC(=O)O)[C@@H](OC(=O)O)O1. The molecule has 0 radical (unpaired) electrons. The van der Waals surface area contributed by atoms with Crippen LogP contribution < -0.4 is 0 Å². The van der Waals surface area contributed by atoms with Crippen LogP contribution in [0, 0.1) is 0 Å². The highest BCUT2D eigenvalue weighted by Crippen LogP contribution is 2.25. The third-order valence-electron chi connectivity index (χ3n) is 1.57. The monoisotopic (exact) mass is 234 g/mol. The van der Waals surface area contributed by atoms with Crippen molar-refractivity contribution in [3.63, 3.8) is 0 Å². The van der Waals surface area contributed by atoms with Crippen molar-refractivity contribution >= 4 is 12.3 Å². The zero-order valence-corrected chi connectivity index (χ0v) is 8.28. The predicted octanol–water partition coefficient (Wildman–Crippen LogP) is 0.977. The third-order valence-corrected chi connectivity index (χ3v) is 1.57. The van der Waals surface area contributed by atoms with Gasteiger partial charge < -0.3 is 29.2 Å². The molecule has 8 nitrogen and oxygen atoms in total. The Bertz CT molecular complexity index is 287. The Morgan fingerprint density at radius 3 is 1.75 bits per heavy atom. The predicted molar refractivity (Wildman–Crippen MR) is 46.6 cm³/mol. The molecule has 2 atom stereocenters. The van der Waals surface area contributed by atoms with Gasteiger partial charge in [0, 0.05) is 0 Å². The Labute approximate surface area is 90.0 Å². The highest BCUT2D eigenvalue weighted by molar-refractivity contribution is 5.58. The largest absolute Gasteiger partial charge is 0.508 e. The van der Waals surface area contributed by atoms with E-state index in [4.69, 9.17) is 19.7 Å². The lowest BCUT2D eigenvalue weighted by atomic mass is 10.3. The van der Waals surface area contributed by atoms with Gasteiger partial charge in [-0.1, -0.05) is 6.58 Å². The zero-order valence-electron chi connectivity index (χ0n) is 8.28. The van der Waals surface area contributed by atoms with Crippen LogP contribution in [-0.2, 0) is 18.9 Å². The van der Waals surface area contributed by atoms with Crippen LogP contribution in [-0.4, -0.2) is 41.4 Å². The van der Waals surface area contributed by atoms with Crippen LogP contribution in [0.15, 0.2) is 12.2 Å². The van der Waals surface area contributed by atoms with Crippen LogP contribution in [0.2, 0.25) is 0 Å². The van der Waals surface area contributed by atoms with E-state index in [1.54, 1.807) is 6.92 Å². The van der Waals surface area contributed by atoms with Gasteiger partial charge in [-0.05, 0) is 12.5 Å². The van der Waals surface area contributed by atoms with Crippen molar-refractivity contribution in [1.82, 2.24) is 0 Å². The van der Waals surface area contributed by atoms with Crippen LogP contribution in [0.3, 0.4) is 0 Å². The van der Waals surface area contributed by atoms with Gasteiger partial charge in [0.2, 0.25) is 0 Å². The first-order chi connectivity index (χ1) is 7.40. The average molecular weight is 234 g/mol. The van der Waals surface area contributed by atoms with Crippen LogP contribution in [0.25, 0.3) is 0 Å². The highest BCUT2D eigenvalue weighted by atomic mass is 16.9. The molecule has 90 valence electrons. The Hall–Kier alpha value is -1.80. The third kappa shape index (κ3) is 3.11. The van der Waals surface area contributed by atoms with Crippen molar-refractivity contribution in [3.8, 4) is 0 Å². The van der Waals surface area contributed by atoms with E-state index >= 15 is 0 Å². The molecular formula is C8H10O8. The van der Waals surface area contributed by atoms with Crippen LogP contribution in [0.4, 0.5) is 9.59 Å².